The molecule has 5 rings (SSSR count). The van der Waals surface area contributed by atoms with Gasteiger partial charge >= 0.3 is 0 Å². The van der Waals surface area contributed by atoms with Gasteiger partial charge in [-0.3, -0.25) is 4.90 Å². The molecule has 3 aromatic rings. The largest absolute Gasteiger partial charge is 0.497 e. The third-order valence-corrected chi connectivity index (χ3v) is 10.8. The Morgan fingerprint density at radius 1 is 0.805 bits per heavy atom. The number of aryl methyl sites for hydroxylation is 1. The molecular formula is C30H36N4O5S2. The van der Waals surface area contributed by atoms with Gasteiger partial charge in [0, 0.05) is 13.1 Å². The first-order valence-corrected chi connectivity index (χ1v) is 16.7. The van der Waals surface area contributed by atoms with Gasteiger partial charge in [0.05, 0.1) is 23.4 Å². The number of piperidine rings is 1. The summed E-state index contributed by atoms with van der Waals surface area (Å²) in [5.41, 5.74) is 1.64. The summed E-state index contributed by atoms with van der Waals surface area (Å²) in [7, 11) is -6.39. The second-order valence-electron chi connectivity index (χ2n) is 10.4. The van der Waals surface area contributed by atoms with Crippen molar-refractivity contribution in [3.8, 4) is 5.75 Å². The van der Waals surface area contributed by atoms with E-state index in [0.717, 1.165) is 37.9 Å². The molecule has 2 fully saturated rings. The van der Waals surface area contributed by atoms with Gasteiger partial charge in [-0.05, 0) is 74.8 Å². The van der Waals surface area contributed by atoms with Crippen molar-refractivity contribution in [1.29, 1.82) is 0 Å². The summed E-state index contributed by atoms with van der Waals surface area (Å²) in [4.78, 5) is 4.32. The molecule has 0 aliphatic carbocycles. The van der Waals surface area contributed by atoms with Crippen LogP contribution in [0.5, 0.6) is 5.75 Å². The van der Waals surface area contributed by atoms with Gasteiger partial charge in [0.2, 0.25) is 10.0 Å². The Labute approximate surface area is 243 Å². The van der Waals surface area contributed by atoms with Crippen LogP contribution in [0, 0.1) is 6.92 Å². The van der Waals surface area contributed by atoms with E-state index in [4.69, 9.17) is 4.74 Å². The fourth-order valence-corrected chi connectivity index (χ4v) is 7.99. The highest BCUT2D eigenvalue weighted by molar-refractivity contribution is 7.90. The van der Waals surface area contributed by atoms with Crippen LogP contribution in [-0.2, 0) is 20.0 Å². The van der Waals surface area contributed by atoms with E-state index in [0.29, 0.717) is 30.2 Å². The number of amidine groups is 1. The number of likely N-dealkylation sites (tertiary alicyclic amines) is 1. The predicted molar refractivity (Wildman–Crippen MR) is 159 cm³/mol. The summed E-state index contributed by atoms with van der Waals surface area (Å²) in [6.07, 6.45) is 2.39. The van der Waals surface area contributed by atoms with Crippen LogP contribution >= 0.6 is 0 Å². The molecule has 0 aromatic heterocycles. The van der Waals surface area contributed by atoms with Crippen molar-refractivity contribution in [3.63, 3.8) is 0 Å². The molecule has 2 saturated heterocycles. The fraction of sp³-hybridized carbons (Fsp3) is 0.367. The standard InChI is InChI=1S/C30H36N4O5S2/c1-24-11-17-27(18-12-24)40(35,36)31-29(23-32-19-7-4-8-20-32)33-21-22-34(41(37,38)28-9-5-3-6-10-28)30(33)25-13-15-26(39-2)16-14-25/h3,5-6,9-18,30H,4,7-8,19-23H2,1-2H3/b31-29-. The first kappa shape index (κ1) is 29.2. The van der Waals surface area contributed by atoms with Gasteiger partial charge in [-0.25, -0.2) is 8.42 Å². The molecule has 11 heteroatoms. The normalized spacial score (nSPS) is 19.4. The van der Waals surface area contributed by atoms with Crippen molar-refractivity contribution in [2.24, 2.45) is 4.40 Å². The first-order valence-electron chi connectivity index (χ1n) is 13.8. The Kier molecular flexibility index (Phi) is 8.79. The summed E-state index contributed by atoms with van der Waals surface area (Å²) >= 11 is 0. The average molecular weight is 597 g/mol. The van der Waals surface area contributed by atoms with Gasteiger partial charge in [-0.15, -0.1) is 4.40 Å². The van der Waals surface area contributed by atoms with Gasteiger partial charge in [0.25, 0.3) is 10.0 Å². The maximum Gasteiger partial charge on any atom is 0.283 e. The molecule has 0 saturated carbocycles. The van der Waals surface area contributed by atoms with E-state index in [1.807, 2.05) is 24.0 Å². The van der Waals surface area contributed by atoms with E-state index in [1.54, 1.807) is 73.8 Å². The van der Waals surface area contributed by atoms with Crippen molar-refractivity contribution in [2.45, 2.75) is 42.1 Å². The molecule has 0 bridgehead atoms. The van der Waals surface area contributed by atoms with E-state index < -0.39 is 26.2 Å². The number of rotatable bonds is 8. The highest BCUT2D eigenvalue weighted by Crippen LogP contribution is 2.36. The van der Waals surface area contributed by atoms with E-state index in [-0.39, 0.29) is 16.3 Å². The number of benzene rings is 3. The Morgan fingerprint density at radius 3 is 2.10 bits per heavy atom. The fourth-order valence-electron chi connectivity index (χ4n) is 5.37. The van der Waals surface area contributed by atoms with E-state index >= 15 is 0 Å². The lowest BCUT2D eigenvalue weighted by Crippen LogP contribution is -2.44. The molecule has 2 heterocycles. The zero-order valence-corrected chi connectivity index (χ0v) is 25.0. The quantitative estimate of drug-likeness (QED) is 0.283. The molecule has 0 spiro atoms. The Bertz CT molecular complexity index is 1570. The van der Waals surface area contributed by atoms with Gasteiger partial charge in [0.1, 0.15) is 17.8 Å². The summed E-state index contributed by atoms with van der Waals surface area (Å²) in [5, 5.41) is 0. The first-order chi connectivity index (χ1) is 19.7. The molecule has 9 nitrogen and oxygen atoms in total. The van der Waals surface area contributed by atoms with Crippen molar-refractivity contribution in [3.05, 3.63) is 90.0 Å². The molecule has 41 heavy (non-hydrogen) atoms. The lowest BCUT2D eigenvalue weighted by atomic mass is 10.1. The summed E-state index contributed by atoms with van der Waals surface area (Å²) < 4.78 is 66.3. The van der Waals surface area contributed by atoms with Crippen LogP contribution in [-0.4, -0.2) is 76.6 Å². The second-order valence-corrected chi connectivity index (χ2v) is 13.9. The molecule has 3 aromatic carbocycles. The van der Waals surface area contributed by atoms with Crippen molar-refractivity contribution >= 4 is 25.9 Å². The van der Waals surface area contributed by atoms with Crippen LogP contribution < -0.4 is 4.74 Å². The summed E-state index contributed by atoms with van der Waals surface area (Å²) in [6.45, 7) is 4.33. The Morgan fingerprint density at radius 2 is 1.46 bits per heavy atom. The minimum Gasteiger partial charge on any atom is -0.497 e. The lowest BCUT2D eigenvalue weighted by Gasteiger charge is -2.35. The molecule has 0 radical (unpaired) electrons. The van der Waals surface area contributed by atoms with Crippen LogP contribution in [0.2, 0.25) is 0 Å². The zero-order chi connectivity index (χ0) is 29.0. The number of sulfonamides is 2. The zero-order valence-electron chi connectivity index (χ0n) is 23.4. The van der Waals surface area contributed by atoms with Crippen molar-refractivity contribution in [1.82, 2.24) is 14.1 Å². The maximum absolute atomic E-state index is 13.9. The molecule has 2 aliphatic rings. The van der Waals surface area contributed by atoms with Gasteiger partial charge < -0.3 is 9.64 Å². The highest BCUT2D eigenvalue weighted by atomic mass is 32.2. The predicted octanol–water partition coefficient (Wildman–Crippen LogP) is 4.28. The van der Waals surface area contributed by atoms with Gasteiger partial charge in [-0.1, -0.05) is 54.4 Å². The number of hydrogen-bond acceptors (Lipinski definition) is 6. The maximum atomic E-state index is 13.9. The third-order valence-electron chi connectivity index (χ3n) is 7.58. The van der Waals surface area contributed by atoms with Crippen molar-refractivity contribution in [2.75, 3.05) is 39.8 Å². The van der Waals surface area contributed by atoms with Gasteiger partial charge in [-0.2, -0.15) is 12.7 Å². The minimum atomic E-state index is -4.05. The number of methoxy groups -OCH3 is 1. The van der Waals surface area contributed by atoms with E-state index in [2.05, 4.69) is 9.30 Å². The average Bonchev–Trinajstić information content (AvgIpc) is 3.44. The second kappa shape index (κ2) is 12.3. The summed E-state index contributed by atoms with van der Waals surface area (Å²) in [5.74, 6) is 0.971. The lowest BCUT2D eigenvalue weighted by molar-refractivity contribution is 0.234. The Balaban J connectivity index is 1.61. The van der Waals surface area contributed by atoms with Gasteiger partial charge in [0.15, 0.2) is 0 Å². The van der Waals surface area contributed by atoms with Crippen LogP contribution in [0.1, 0.15) is 36.6 Å². The Hall–Kier alpha value is -3.25. The molecule has 1 atom stereocenters. The van der Waals surface area contributed by atoms with E-state index in [1.165, 1.54) is 4.31 Å². The van der Waals surface area contributed by atoms with Crippen LogP contribution in [0.25, 0.3) is 0 Å². The van der Waals surface area contributed by atoms with Crippen LogP contribution in [0.4, 0.5) is 0 Å². The SMILES string of the molecule is COc1ccc(C2N(/C(CN3CCCCC3)=N\S(=O)(=O)c3ccc(C)cc3)CCN2S(=O)(=O)c2ccccc2)cc1. The monoisotopic (exact) mass is 596 g/mol. The minimum absolute atomic E-state index is 0.105. The van der Waals surface area contributed by atoms with Crippen LogP contribution in [0.3, 0.4) is 0 Å². The molecular weight excluding hydrogens is 560 g/mol. The molecule has 1 unspecified atom stereocenters. The highest BCUT2D eigenvalue weighted by Gasteiger charge is 2.43. The molecule has 2 aliphatic heterocycles. The third kappa shape index (κ3) is 6.48. The van der Waals surface area contributed by atoms with E-state index in [9.17, 15) is 16.8 Å². The number of ether oxygens (including phenoxy) is 1. The van der Waals surface area contributed by atoms with Crippen LogP contribution in [0.15, 0.2) is 93.1 Å². The van der Waals surface area contributed by atoms with Crippen molar-refractivity contribution < 1.29 is 21.6 Å². The number of nitrogens with zero attached hydrogens (tertiary/aromatic N) is 4. The topological polar surface area (TPSA) is 99.6 Å². The molecule has 218 valence electrons. The number of hydrogen-bond donors (Lipinski definition) is 0. The summed E-state index contributed by atoms with van der Waals surface area (Å²) in [6, 6.07) is 22.1. The smallest absolute Gasteiger partial charge is 0.283 e. The molecule has 0 N–H and O–H groups in total. The molecule has 0 amide bonds.